The van der Waals surface area contributed by atoms with Gasteiger partial charge in [0.15, 0.2) is 0 Å². The molecule has 0 aromatic carbocycles. The number of phosphoric acid groups is 1. The van der Waals surface area contributed by atoms with Crippen LogP contribution >= 0.6 is 35.5 Å². The highest BCUT2D eigenvalue weighted by atomic mass is 31.2. The number of unbranched alkanes of at least 4 members (excludes halogenated alkanes) is 3. The van der Waals surface area contributed by atoms with Crippen molar-refractivity contribution in [3.8, 4) is 0 Å². The molecular formula is C12H36O4P4. The Morgan fingerprint density at radius 1 is 0.700 bits per heavy atom. The lowest BCUT2D eigenvalue weighted by atomic mass is 10.4. The molecule has 0 bridgehead atoms. The molecule has 0 rings (SSSR count). The molecule has 20 heavy (non-hydrogen) atoms. The molecule has 0 amide bonds. The molecule has 0 aliphatic heterocycles. The van der Waals surface area contributed by atoms with Crippen LogP contribution in [0.4, 0.5) is 0 Å². The summed E-state index contributed by atoms with van der Waals surface area (Å²) in [6.45, 7) is 6.60. The van der Waals surface area contributed by atoms with Crippen LogP contribution in [0.3, 0.4) is 0 Å². The molecule has 3 N–H and O–H groups in total. The van der Waals surface area contributed by atoms with Crippen LogP contribution in [0.25, 0.3) is 0 Å². The molecule has 8 heteroatoms. The number of hydrogen-bond acceptors (Lipinski definition) is 1. The van der Waals surface area contributed by atoms with E-state index < -0.39 is 7.82 Å². The van der Waals surface area contributed by atoms with E-state index in [0.717, 1.165) is 0 Å². The topological polar surface area (TPSA) is 77.8 Å². The average Bonchev–Trinajstić information content (AvgIpc) is 2.31. The van der Waals surface area contributed by atoms with Gasteiger partial charge in [0.25, 0.3) is 0 Å². The molecule has 0 fully saturated rings. The maximum absolute atomic E-state index is 8.88. The highest BCUT2D eigenvalue weighted by Crippen LogP contribution is 2.25. The predicted molar refractivity (Wildman–Crippen MR) is 103 cm³/mol. The van der Waals surface area contributed by atoms with E-state index in [1.807, 2.05) is 0 Å². The van der Waals surface area contributed by atoms with Crippen LogP contribution in [-0.4, -0.2) is 33.2 Å². The van der Waals surface area contributed by atoms with Gasteiger partial charge in [0, 0.05) is 0 Å². The van der Waals surface area contributed by atoms with Gasteiger partial charge < -0.3 is 14.7 Å². The van der Waals surface area contributed by atoms with E-state index in [-0.39, 0.29) is 0 Å². The first-order chi connectivity index (χ1) is 9.24. The van der Waals surface area contributed by atoms with Gasteiger partial charge in [-0.2, -0.15) is 0 Å². The highest BCUT2D eigenvalue weighted by molar-refractivity contribution is 7.45. The van der Waals surface area contributed by atoms with Gasteiger partial charge in [-0.15, -0.1) is 27.7 Å². The Labute approximate surface area is 133 Å². The summed E-state index contributed by atoms with van der Waals surface area (Å²) in [6.07, 6.45) is 11.8. The lowest BCUT2D eigenvalue weighted by Gasteiger charge is -1.82. The molecule has 0 radical (unpaired) electrons. The van der Waals surface area contributed by atoms with Crippen LogP contribution in [0.1, 0.15) is 59.3 Å². The third kappa shape index (κ3) is 120. The fraction of sp³-hybridized carbons (Fsp3) is 1.00. The van der Waals surface area contributed by atoms with Crippen molar-refractivity contribution in [2.24, 2.45) is 0 Å². The minimum Gasteiger partial charge on any atom is -0.303 e. The van der Waals surface area contributed by atoms with Gasteiger partial charge in [0.2, 0.25) is 0 Å². The summed E-state index contributed by atoms with van der Waals surface area (Å²) in [5, 5.41) is 0. The summed E-state index contributed by atoms with van der Waals surface area (Å²) in [5.41, 5.74) is 0. The fourth-order valence-corrected chi connectivity index (χ4v) is 1.84. The zero-order chi connectivity index (χ0) is 16.9. The van der Waals surface area contributed by atoms with E-state index in [4.69, 9.17) is 19.2 Å². The summed E-state index contributed by atoms with van der Waals surface area (Å²) < 4.78 is 8.88. The molecule has 0 aromatic heterocycles. The van der Waals surface area contributed by atoms with Crippen LogP contribution < -0.4 is 0 Å². The molecule has 4 nitrogen and oxygen atoms in total. The van der Waals surface area contributed by atoms with Crippen molar-refractivity contribution in [1.82, 2.24) is 0 Å². The van der Waals surface area contributed by atoms with Crippen molar-refractivity contribution in [2.45, 2.75) is 59.3 Å². The molecule has 0 aliphatic carbocycles. The Morgan fingerprint density at radius 2 is 0.850 bits per heavy atom. The van der Waals surface area contributed by atoms with E-state index in [2.05, 4.69) is 48.5 Å². The van der Waals surface area contributed by atoms with Gasteiger partial charge in [0.05, 0.1) is 0 Å². The van der Waals surface area contributed by atoms with Crippen molar-refractivity contribution in [3.63, 3.8) is 0 Å². The normalized spacial score (nSPS) is 9.25. The summed E-state index contributed by atoms with van der Waals surface area (Å²) in [7, 11) is 3.46. The Bertz CT molecular complexity index is 148. The summed E-state index contributed by atoms with van der Waals surface area (Å²) in [4.78, 5) is 21.6. The van der Waals surface area contributed by atoms with Gasteiger partial charge >= 0.3 is 7.82 Å². The standard InChI is InChI=1S/3C4H11P.H3O4P/c3*1-2-3-4-5;1-5(2,3)4/h3*2-5H2,1H3;(H3,1,2,3,4). The van der Waals surface area contributed by atoms with Crippen molar-refractivity contribution >= 4 is 35.5 Å². The van der Waals surface area contributed by atoms with Crippen LogP contribution in [0.5, 0.6) is 0 Å². The maximum Gasteiger partial charge on any atom is 0.466 e. The molecule has 0 aromatic rings. The van der Waals surface area contributed by atoms with E-state index in [9.17, 15) is 0 Å². The zero-order valence-electron chi connectivity index (χ0n) is 13.3. The molecule has 128 valence electrons. The molecular weight excluding hydrogens is 332 g/mol. The second-order valence-electron chi connectivity index (χ2n) is 3.94. The van der Waals surface area contributed by atoms with Gasteiger partial charge in [-0.25, -0.2) is 4.57 Å². The van der Waals surface area contributed by atoms with Crippen LogP contribution in [0.15, 0.2) is 0 Å². The van der Waals surface area contributed by atoms with Gasteiger partial charge in [-0.05, 0) is 18.5 Å². The van der Waals surface area contributed by atoms with Crippen LogP contribution in [0, 0.1) is 0 Å². The lowest BCUT2D eigenvalue weighted by Crippen LogP contribution is -1.66. The molecule has 0 aliphatic rings. The summed E-state index contributed by atoms with van der Waals surface area (Å²) in [5.74, 6) is 0. The molecule has 0 saturated heterocycles. The molecule has 0 heterocycles. The monoisotopic (exact) mass is 368 g/mol. The van der Waals surface area contributed by atoms with Gasteiger partial charge in [-0.1, -0.05) is 59.3 Å². The Kier molecular flexibility index (Phi) is 42.0. The predicted octanol–water partition coefficient (Wildman–Crippen LogP) is 4.06. The summed E-state index contributed by atoms with van der Waals surface area (Å²) in [6, 6.07) is 0. The largest absolute Gasteiger partial charge is 0.466 e. The van der Waals surface area contributed by atoms with E-state index in [1.54, 1.807) is 0 Å². The van der Waals surface area contributed by atoms with Crippen LogP contribution in [-0.2, 0) is 4.57 Å². The first-order valence-electron chi connectivity index (χ1n) is 7.13. The number of hydrogen-bond donors (Lipinski definition) is 3. The first kappa shape index (κ1) is 29.4. The molecule has 3 unspecified atom stereocenters. The third-order valence-corrected chi connectivity index (χ3v) is 2.90. The highest BCUT2D eigenvalue weighted by Gasteiger charge is 2.00. The van der Waals surface area contributed by atoms with Gasteiger partial charge in [-0.3, -0.25) is 0 Å². The third-order valence-electron chi connectivity index (χ3n) is 1.67. The second-order valence-corrected chi connectivity index (χ2v) is 6.70. The average molecular weight is 368 g/mol. The van der Waals surface area contributed by atoms with Crippen LogP contribution in [0.2, 0.25) is 0 Å². The Hall–Kier alpha value is 1.40. The maximum atomic E-state index is 8.88. The SMILES string of the molecule is CCCCP.CCCCP.CCCCP.O=P(O)(O)O. The van der Waals surface area contributed by atoms with Gasteiger partial charge in [0.1, 0.15) is 0 Å². The van der Waals surface area contributed by atoms with E-state index in [0.29, 0.717) is 0 Å². The Balaban J connectivity index is -0.0000000853. The number of rotatable bonds is 6. The fourth-order valence-electron chi connectivity index (χ4n) is 0.612. The van der Waals surface area contributed by atoms with E-state index >= 15 is 0 Å². The lowest BCUT2D eigenvalue weighted by molar-refractivity contribution is 0.275. The molecule has 0 saturated carbocycles. The molecule has 3 atom stereocenters. The summed E-state index contributed by atoms with van der Waals surface area (Å²) >= 11 is 0. The van der Waals surface area contributed by atoms with Crippen molar-refractivity contribution in [3.05, 3.63) is 0 Å². The zero-order valence-corrected chi connectivity index (χ0v) is 17.7. The van der Waals surface area contributed by atoms with Crippen molar-refractivity contribution in [1.29, 1.82) is 0 Å². The minimum atomic E-state index is -4.64. The minimum absolute atomic E-state index is 1.26. The van der Waals surface area contributed by atoms with Crippen molar-refractivity contribution < 1.29 is 19.2 Å². The smallest absolute Gasteiger partial charge is 0.303 e. The quantitative estimate of drug-likeness (QED) is 0.618. The second kappa shape index (κ2) is 28.5. The van der Waals surface area contributed by atoms with Crippen molar-refractivity contribution in [2.75, 3.05) is 18.5 Å². The Morgan fingerprint density at radius 3 is 0.850 bits per heavy atom. The first-order valence-corrected chi connectivity index (χ1v) is 11.1. The molecule has 0 spiro atoms. The van der Waals surface area contributed by atoms with E-state index in [1.165, 1.54) is 57.0 Å².